The van der Waals surface area contributed by atoms with Crippen LogP contribution in [-0.4, -0.2) is 29.1 Å². The van der Waals surface area contributed by atoms with E-state index in [0.717, 1.165) is 0 Å². The average molecular weight is 400 g/mol. The number of anilines is 1. The lowest BCUT2D eigenvalue weighted by Crippen LogP contribution is -2.47. The third kappa shape index (κ3) is 3.70. The molecule has 0 radical (unpaired) electrons. The smallest absolute Gasteiger partial charge is 0.421 e. The van der Waals surface area contributed by atoms with E-state index in [9.17, 15) is 19.7 Å². The highest BCUT2D eigenvalue weighted by Crippen LogP contribution is 2.51. The number of alkyl halides is 1. The molecule has 0 saturated heterocycles. The van der Waals surface area contributed by atoms with Crippen LogP contribution in [-0.2, 0) is 15.2 Å². The summed E-state index contributed by atoms with van der Waals surface area (Å²) in [6.07, 6.45) is -1.03. The molecule has 2 aromatic rings. The number of nitrogens with zero attached hydrogens (tertiary/aromatic N) is 2. The van der Waals surface area contributed by atoms with Gasteiger partial charge in [-0.2, -0.15) is 0 Å². The van der Waals surface area contributed by atoms with Crippen LogP contribution in [0.3, 0.4) is 0 Å². The first kappa shape index (κ1) is 20.4. The number of carbonyl (C=O) groups is 2. The molecule has 2 aromatic carbocycles. The number of para-hydroxylation sites is 1. The number of hydrogen-bond acceptors (Lipinski definition) is 5. The van der Waals surface area contributed by atoms with Gasteiger partial charge in [0.2, 0.25) is 12.2 Å². The molecular weight excluding hydrogens is 379 g/mol. The number of hydrogen-bond donors (Lipinski definition) is 0. The normalized spacial score (nSPS) is 19.6. The van der Waals surface area contributed by atoms with E-state index >= 15 is 4.39 Å². The van der Waals surface area contributed by atoms with Gasteiger partial charge >= 0.3 is 6.09 Å². The van der Waals surface area contributed by atoms with E-state index in [-0.39, 0.29) is 11.3 Å². The highest BCUT2D eigenvalue weighted by molar-refractivity contribution is 6.20. The number of amides is 2. The minimum absolute atomic E-state index is 0.0264. The van der Waals surface area contributed by atoms with Crippen molar-refractivity contribution in [2.45, 2.75) is 38.0 Å². The van der Waals surface area contributed by atoms with Crippen molar-refractivity contribution in [2.24, 2.45) is 0 Å². The van der Waals surface area contributed by atoms with Crippen molar-refractivity contribution >= 4 is 17.7 Å². The Morgan fingerprint density at radius 1 is 1.17 bits per heavy atom. The average Bonchev–Trinajstić information content (AvgIpc) is 2.87. The predicted molar refractivity (Wildman–Crippen MR) is 104 cm³/mol. The van der Waals surface area contributed by atoms with Crippen molar-refractivity contribution < 1.29 is 23.6 Å². The summed E-state index contributed by atoms with van der Waals surface area (Å²) in [5.74, 6) is -2.61. The number of carbonyl (C=O) groups excluding carboxylic acids is 2. The molecule has 0 spiro atoms. The van der Waals surface area contributed by atoms with E-state index in [1.165, 1.54) is 30.3 Å². The van der Waals surface area contributed by atoms with E-state index in [1.807, 2.05) is 0 Å². The van der Waals surface area contributed by atoms with Crippen LogP contribution >= 0.6 is 0 Å². The quantitative estimate of drug-likeness (QED) is 0.567. The minimum Gasteiger partial charge on any atom is -0.443 e. The van der Waals surface area contributed by atoms with Crippen LogP contribution in [0.2, 0.25) is 0 Å². The minimum atomic E-state index is -2.79. The van der Waals surface area contributed by atoms with Gasteiger partial charge in [-0.3, -0.25) is 14.9 Å². The van der Waals surface area contributed by atoms with Crippen LogP contribution in [0.25, 0.3) is 0 Å². The van der Waals surface area contributed by atoms with Gasteiger partial charge in [0.15, 0.2) is 0 Å². The molecule has 7 nitrogen and oxygen atoms in total. The Balaban J connectivity index is 2.15. The molecule has 1 heterocycles. The zero-order chi connectivity index (χ0) is 21.4. The number of benzene rings is 2. The fourth-order valence-corrected chi connectivity index (χ4v) is 3.48. The molecule has 1 aliphatic rings. The van der Waals surface area contributed by atoms with E-state index < -0.39 is 40.7 Å². The van der Waals surface area contributed by atoms with E-state index in [0.29, 0.717) is 10.5 Å². The maximum absolute atomic E-state index is 16.5. The van der Waals surface area contributed by atoms with Crippen molar-refractivity contribution in [1.82, 2.24) is 0 Å². The maximum Gasteiger partial charge on any atom is 0.421 e. The van der Waals surface area contributed by atoms with Gasteiger partial charge in [0.25, 0.3) is 5.91 Å². The van der Waals surface area contributed by atoms with E-state index in [1.54, 1.807) is 45.0 Å². The summed E-state index contributed by atoms with van der Waals surface area (Å²) in [5, 5.41) is 11.3. The first-order valence-electron chi connectivity index (χ1n) is 9.08. The molecule has 29 heavy (non-hydrogen) atoms. The lowest BCUT2D eigenvalue weighted by molar-refractivity contribution is -0.486. The Morgan fingerprint density at radius 3 is 2.34 bits per heavy atom. The second-order valence-electron chi connectivity index (χ2n) is 7.83. The summed E-state index contributed by atoms with van der Waals surface area (Å²) in [5.41, 5.74) is -3.47. The Bertz CT molecular complexity index is 957. The largest absolute Gasteiger partial charge is 0.443 e. The highest BCUT2D eigenvalue weighted by Gasteiger charge is 2.60. The van der Waals surface area contributed by atoms with Crippen LogP contribution in [0.15, 0.2) is 54.6 Å². The van der Waals surface area contributed by atoms with Gasteiger partial charge in [0, 0.05) is 10.5 Å². The van der Waals surface area contributed by atoms with Gasteiger partial charge in [-0.25, -0.2) is 14.1 Å². The molecule has 2 unspecified atom stereocenters. The third-order valence-corrected chi connectivity index (χ3v) is 4.64. The number of nitro groups is 1. The van der Waals surface area contributed by atoms with Crippen molar-refractivity contribution in [1.29, 1.82) is 0 Å². The molecular formula is C21H21FN2O5. The topological polar surface area (TPSA) is 89.8 Å². The van der Waals surface area contributed by atoms with Crippen molar-refractivity contribution in [3.05, 3.63) is 75.8 Å². The second-order valence-corrected chi connectivity index (χ2v) is 7.83. The molecule has 3 rings (SSSR count). The molecule has 2 amide bonds. The van der Waals surface area contributed by atoms with Crippen molar-refractivity contribution in [2.75, 3.05) is 11.4 Å². The Kier molecular flexibility index (Phi) is 5.13. The lowest BCUT2D eigenvalue weighted by Gasteiger charge is -2.28. The Morgan fingerprint density at radius 2 is 1.76 bits per heavy atom. The second kappa shape index (κ2) is 7.27. The summed E-state index contributed by atoms with van der Waals surface area (Å²) in [6, 6.07) is 13.8. The fraction of sp³-hybridized carbons (Fsp3) is 0.333. The zero-order valence-corrected chi connectivity index (χ0v) is 16.3. The summed E-state index contributed by atoms with van der Waals surface area (Å²) < 4.78 is 21.8. The van der Waals surface area contributed by atoms with E-state index in [2.05, 4.69) is 0 Å². The zero-order valence-electron chi connectivity index (χ0n) is 16.3. The number of fused-ring (bicyclic) bond motifs is 1. The summed E-state index contributed by atoms with van der Waals surface area (Å²) in [4.78, 5) is 37.2. The van der Waals surface area contributed by atoms with Gasteiger partial charge in [-0.1, -0.05) is 48.5 Å². The molecule has 2 atom stereocenters. The standard InChI is InChI=1S/C21H21FN2O5/c1-20(2,3)29-19(26)24-17-12-8-7-11-15(17)21(22,18(24)25)16(13-23(27)28)14-9-5-4-6-10-14/h4-12,16H,13H2,1-3H3. The molecule has 0 aliphatic carbocycles. The van der Waals surface area contributed by atoms with Crippen LogP contribution in [0.5, 0.6) is 0 Å². The molecule has 0 saturated carbocycles. The molecule has 0 bridgehead atoms. The molecule has 0 fully saturated rings. The highest BCUT2D eigenvalue weighted by atomic mass is 19.1. The Labute approximate surface area is 167 Å². The number of imide groups is 1. The molecule has 1 aliphatic heterocycles. The first-order chi connectivity index (χ1) is 13.6. The van der Waals surface area contributed by atoms with Crippen LogP contribution in [0, 0.1) is 10.1 Å². The van der Waals surface area contributed by atoms with Gasteiger partial charge < -0.3 is 4.74 Å². The number of halogens is 1. The van der Waals surface area contributed by atoms with Gasteiger partial charge in [-0.15, -0.1) is 0 Å². The SMILES string of the molecule is CC(C)(C)OC(=O)N1C(=O)C(F)(C(C[N+](=O)[O-])c2ccccc2)c2ccccc21. The number of rotatable bonds is 4. The van der Waals surface area contributed by atoms with Crippen LogP contribution < -0.4 is 4.90 Å². The van der Waals surface area contributed by atoms with E-state index in [4.69, 9.17) is 4.74 Å². The van der Waals surface area contributed by atoms with Crippen LogP contribution in [0.1, 0.15) is 37.8 Å². The fourth-order valence-electron chi connectivity index (χ4n) is 3.48. The summed E-state index contributed by atoms with van der Waals surface area (Å²) >= 11 is 0. The molecule has 8 heteroatoms. The molecule has 152 valence electrons. The van der Waals surface area contributed by atoms with Crippen molar-refractivity contribution in [3.8, 4) is 0 Å². The monoisotopic (exact) mass is 400 g/mol. The predicted octanol–water partition coefficient (Wildman–Crippen LogP) is 4.19. The summed E-state index contributed by atoms with van der Waals surface area (Å²) in [7, 11) is 0. The summed E-state index contributed by atoms with van der Waals surface area (Å²) in [6.45, 7) is 4.06. The van der Waals surface area contributed by atoms with Gasteiger partial charge in [-0.05, 0) is 32.4 Å². The first-order valence-corrected chi connectivity index (χ1v) is 9.08. The third-order valence-electron chi connectivity index (χ3n) is 4.64. The number of ether oxygens (including phenoxy) is 1. The lowest BCUT2D eigenvalue weighted by atomic mass is 9.79. The van der Waals surface area contributed by atoms with Crippen molar-refractivity contribution in [3.63, 3.8) is 0 Å². The van der Waals surface area contributed by atoms with Gasteiger partial charge in [0.05, 0.1) is 11.6 Å². The Hall–Kier alpha value is -3.29. The molecule has 0 N–H and O–H groups in total. The maximum atomic E-state index is 16.5. The van der Waals surface area contributed by atoms with Crippen LogP contribution in [0.4, 0.5) is 14.9 Å². The molecule has 0 aromatic heterocycles. The van der Waals surface area contributed by atoms with Gasteiger partial charge in [0.1, 0.15) is 5.60 Å².